The molecule has 0 saturated heterocycles. The predicted octanol–water partition coefficient (Wildman–Crippen LogP) is 3.95. The maximum absolute atomic E-state index is 12.8. The van der Waals surface area contributed by atoms with Crippen LogP contribution in [0.15, 0.2) is 41.4 Å². The average Bonchev–Trinajstić information content (AvgIpc) is 3.25. The number of amides is 2. The molecule has 2 aliphatic heterocycles. The molecule has 0 spiro atoms. The Hall–Kier alpha value is -2.90. The van der Waals surface area contributed by atoms with Crippen molar-refractivity contribution in [2.24, 2.45) is 10.9 Å². The molecule has 8 heteroatoms. The number of nitrogens with one attached hydrogen (secondary N) is 2. The van der Waals surface area contributed by atoms with E-state index in [1.807, 2.05) is 43.3 Å². The largest absolute Gasteiger partial charge is 0.480 e. The molecule has 1 fully saturated rings. The van der Waals surface area contributed by atoms with Gasteiger partial charge in [-0.3, -0.25) is 14.6 Å². The third-order valence-corrected chi connectivity index (χ3v) is 7.38. The number of nitrogens with zero attached hydrogens (tertiary/aromatic N) is 1. The van der Waals surface area contributed by atoms with E-state index in [-0.39, 0.29) is 30.2 Å². The quantitative estimate of drug-likeness (QED) is 0.584. The number of hydrogen-bond donors (Lipinski definition) is 3. The van der Waals surface area contributed by atoms with Gasteiger partial charge in [-0.15, -0.1) is 0 Å². The molecule has 5 rings (SSSR count). The van der Waals surface area contributed by atoms with Gasteiger partial charge in [0, 0.05) is 41.1 Å². The predicted molar refractivity (Wildman–Crippen MR) is 134 cm³/mol. The fraction of sp³-hybridized carbons (Fsp3) is 0.444. The van der Waals surface area contributed by atoms with Crippen molar-refractivity contribution >= 4 is 34.8 Å². The number of benzene rings is 2. The Labute approximate surface area is 209 Å². The molecular formula is C27H30ClN3O4. The summed E-state index contributed by atoms with van der Waals surface area (Å²) in [4.78, 5) is 30.1. The first-order valence-corrected chi connectivity index (χ1v) is 12.6. The zero-order chi connectivity index (χ0) is 24.5. The molecule has 1 aliphatic carbocycles. The van der Waals surface area contributed by atoms with Gasteiger partial charge < -0.3 is 20.5 Å². The van der Waals surface area contributed by atoms with Gasteiger partial charge in [0.05, 0.1) is 18.3 Å². The van der Waals surface area contributed by atoms with Crippen molar-refractivity contribution in [1.82, 2.24) is 10.6 Å². The van der Waals surface area contributed by atoms with E-state index >= 15 is 0 Å². The standard InChI is InChI=1S/C27H30ClN3O4/c1-15-2-9-24-21(10-15)23(32)13-25(35-24)27(34)31-19-6-3-16(4-7-19)26(33)29-14-20-12-17-11-18(28)5-8-22(17)30-20/h2,5,8-11,16,19,23,25,32H,3-4,6-7,12-14H2,1H3,(H,29,33)(H,31,34)/t16?,19?,23-,25-/m1/s1. The monoisotopic (exact) mass is 495 g/mol. The van der Waals surface area contributed by atoms with Crippen LogP contribution in [-0.4, -0.2) is 41.3 Å². The van der Waals surface area contributed by atoms with Crippen LogP contribution in [0.1, 0.15) is 54.9 Å². The third kappa shape index (κ3) is 5.36. The Morgan fingerprint density at radius 1 is 1.11 bits per heavy atom. The lowest BCUT2D eigenvalue weighted by Crippen LogP contribution is -2.47. The van der Waals surface area contributed by atoms with E-state index in [4.69, 9.17) is 16.3 Å². The second-order valence-corrected chi connectivity index (χ2v) is 10.2. The highest BCUT2D eigenvalue weighted by atomic mass is 35.5. The lowest BCUT2D eigenvalue weighted by molar-refractivity contribution is -0.131. The van der Waals surface area contributed by atoms with Crippen LogP contribution in [0.3, 0.4) is 0 Å². The van der Waals surface area contributed by atoms with Gasteiger partial charge in [0.2, 0.25) is 5.91 Å². The van der Waals surface area contributed by atoms with Crippen LogP contribution in [0.5, 0.6) is 5.75 Å². The van der Waals surface area contributed by atoms with E-state index in [1.54, 1.807) is 0 Å². The van der Waals surface area contributed by atoms with Gasteiger partial charge in [0.25, 0.3) is 5.91 Å². The van der Waals surface area contributed by atoms with Crippen LogP contribution in [0.2, 0.25) is 5.02 Å². The smallest absolute Gasteiger partial charge is 0.261 e. The van der Waals surface area contributed by atoms with E-state index < -0.39 is 12.2 Å². The van der Waals surface area contributed by atoms with Gasteiger partial charge in [0.15, 0.2) is 6.10 Å². The number of carbonyl (C=O) groups excluding carboxylic acids is 2. The van der Waals surface area contributed by atoms with Gasteiger partial charge in [0.1, 0.15) is 5.75 Å². The highest BCUT2D eigenvalue weighted by Gasteiger charge is 2.34. The number of fused-ring (bicyclic) bond motifs is 2. The van der Waals surface area contributed by atoms with Gasteiger partial charge in [-0.25, -0.2) is 0 Å². The molecule has 0 unspecified atom stereocenters. The summed E-state index contributed by atoms with van der Waals surface area (Å²) in [5, 5.41) is 17.3. The number of aliphatic hydroxyl groups excluding tert-OH is 1. The molecule has 2 amide bonds. The fourth-order valence-electron chi connectivity index (χ4n) is 5.19. The number of rotatable bonds is 5. The molecule has 35 heavy (non-hydrogen) atoms. The molecule has 2 aromatic carbocycles. The van der Waals surface area contributed by atoms with E-state index in [2.05, 4.69) is 15.6 Å². The summed E-state index contributed by atoms with van der Waals surface area (Å²) >= 11 is 6.05. The Balaban J connectivity index is 1.07. The summed E-state index contributed by atoms with van der Waals surface area (Å²) < 4.78 is 5.88. The van der Waals surface area contributed by atoms with Crippen molar-refractivity contribution in [3.8, 4) is 5.75 Å². The molecule has 184 valence electrons. The van der Waals surface area contributed by atoms with Crippen molar-refractivity contribution in [2.45, 2.75) is 63.7 Å². The molecule has 0 radical (unpaired) electrons. The van der Waals surface area contributed by atoms with Crippen LogP contribution in [0.25, 0.3) is 0 Å². The Morgan fingerprint density at radius 3 is 2.71 bits per heavy atom. The molecule has 3 aliphatic rings. The Bertz CT molecular complexity index is 1170. The summed E-state index contributed by atoms with van der Waals surface area (Å²) in [6.07, 6.45) is 2.41. The Morgan fingerprint density at radius 2 is 1.91 bits per heavy atom. The van der Waals surface area contributed by atoms with Crippen LogP contribution in [0.4, 0.5) is 5.69 Å². The number of hydrogen-bond acceptors (Lipinski definition) is 5. The second kappa shape index (κ2) is 9.99. The summed E-state index contributed by atoms with van der Waals surface area (Å²) in [5.74, 6) is 0.331. The normalized spacial score (nSPS) is 25.1. The summed E-state index contributed by atoms with van der Waals surface area (Å²) in [7, 11) is 0. The van der Waals surface area contributed by atoms with E-state index in [0.29, 0.717) is 23.7 Å². The van der Waals surface area contributed by atoms with Crippen LogP contribution >= 0.6 is 11.6 Å². The lowest BCUT2D eigenvalue weighted by atomic mass is 9.85. The van der Waals surface area contributed by atoms with Crippen LogP contribution in [0, 0.1) is 12.8 Å². The van der Waals surface area contributed by atoms with E-state index in [9.17, 15) is 14.7 Å². The topological polar surface area (TPSA) is 100 Å². The molecule has 3 N–H and O–H groups in total. The minimum absolute atomic E-state index is 0.00478. The molecule has 2 heterocycles. The molecule has 7 nitrogen and oxygen atoms in total. The van der Waals surface area contributed by atoms with E-state index in [1.165, 1.54) is 0 Å². The van der Waals surface area contributed by atoms with Crippen LogP contribution < -0.4 is 15.4 Å². The van der Waals surface area contributed by atoms with Crippen LogP contribution in [-0.2, 0) is 16.0 Å². The maximum Gasteiger partial charge on any atom is 0.261 e. The molecule has 2 aromatic rings. The molecule has 2 atom stereocenters. The first kappa shape index (κ1) is 23.8. The summed E-state index contributed by atoms with van der Waals surface area (Å²) in [6, 6.07) is 11.3. The number of aryl methyl sites for hydroxylation is 1. The number of aliphatic hydroxyl groups is 1. The zero-order valence-corrected chi connectivity index (χ0v) is 20.5. The van der Waals surface area contributed by atoms with Crippen molar-refractivity contribution in [2.75, 3.05) is 6.54 Å². The fourth-order valence-corrected chi connectivity index (χ4v) is 5.39. The first-order valence-electron chi connectivity index (χ1n) is 12.2. The SMILES string of the molecule is Cc1ccc2c(c1)[C@H](O)C[C@H](C(=O)NC1CCC(C(=O)NCC3=Nc4ccc(Cl)cc4C3)CC1)O2. The average molecular weight is 496 g/mol. The van der Waals surface area contributed by atoms with Crippen molar-refractivity contribution in [1.29, 1.82) is 0 Å². The molecular weight excluding hydrogens is 466 g/mol. The van der Waals surface area contributed by atoms with Gasteiger partial charge in [-0.2, -0.15) is 0 Å². The Kier molecular flexibility index (Phi) is 6.80. The maximum atomic E-state index is 12.8. The summed E-state index contributed by atoms with van der Waals surface area (Å²) in [5.41, 5.74) is 4.72. The van der Waals surface area contributed by atoms with Crippen molar-refractivity contribution in [3.63, 3.8) is 0 Å². The summed E-state index contributed by atoms with van der Waals surface area (Å²) in [6.45, 7) is 2.39. The second-order valence-electron chi connectivity index (χ2n) is 9.80. The van der Waals surface area contributed by atoms with Gasteiger partial charge in [-0.05, 0) is 68.5 Å². The molecule has 1 saturated carbocycles. The van der Waals surface area contributed by atoms with Gasteiger partial charge in [-0.1, -0.05) is 23.2 Å². The number of halogens is 1. The molecule has 0 aromatic heterocycles. The third-order valence-electron chi connectivity index (χ3n) is 7.15. The number of aliphatic imine (C=N–C) groups is 1. The minimum Gasteiger partial charge on any atom is -0.480 e. The van der Waals surface area contributed by atoms with Crippen molar-refractivity contribution < 1.29 is 19.4 Å². The van der Waals surface area contributed by atoms with Crippen molar-refractivity contribution in [3.05, 3.63) is 58.1 Å². The minimum atomic E-state index is -0.719. The highest BCUT2D eigenvalue weighted by molar-refractivity contribution is 6.30. The van der Waals surface area contributed by atoms with E-state index in [0.717, 1.165) is 53.8 Å². The highest BCUT2D eigenvalue weighted by Crippen LogP contribution is 2.35. The number of carbonyl (C=O) groups is 2. The first-order chi connectivity index (χ1) is 16.9. The zero-order valence-electron chi connectivity index (χ0n) is 19.7. The van der Waals surface area contributed by atoms with Gasteiger partial charge >= 0.3 is 0 Å². The number of ether oxygens (including phenoxy) is 1. The molecule has 0 bridgehead atoms. The lowest BCUT2D eigenvalue weighted by Gasteiger charge is -2.32.